The van der Waals surface area contributed by atoms with Crippen molar-refractivity contribution in [3.05, 3.63) is 0 Å². The summed E-state index contributed by atoms with van der Waals surface area (Å²) in [7, 11) is 0. The lowest BCUT2D eigenvalue weighted by molar-refractivity contribution is 0.0529. The van der Waals surface area contributed by atoms with Gasteiger partial charge in [0.25, 0.3) is 0 Å². The molecule has 0 aromatic heterocycles. The van der Waals surface area contributed by atoms with Crippen LogP contribution in [0.25, 0.3) is 0 Å². The lowest BCUT2D eigenvalue weighted by atomic mass is 9.98. The van der Waals surface area contributed by atoms with Gasteiger partial charge in [0.15, 0.2) is 0 Å². The van der Waals surface area contributed by atoms with Crippen molar-refractivity contribution in [3.8, 4) is 0 Å². The predicted octanol–water partition coefficient (Wildman–Crippen LogP) is 0.450. The minimum atomic E-state index is 0. The fraction of sp³-hybridized carbons (Fsp3) is 0.909. The molecule has 0 bridgehead atoms. The van der Waals surface area contributed by atoms with Crippen LogP contribution in [0.3, 0.4) is 0 Å². The first kappa shape index (κ1) is 14.5. The lowest BCUT2D eigenvalue weighted by Gasteiger charge is -2.28. The molecule has 2 heterocycles. The van der Waals surface area contributed by atoms with Crippen LogP contribution in [0.5, 0.6) is 0 Å². The van der Waals surface area contributed by atoms with Gasteiger partial charge in [0.2, 0.25) is 0 Å². The molecule has 2 aliphatic rings. The number of halogens is 1. The Kier molecular flexibility index (Phi) is 6.62. The number of hydrogen-bond donors (Lipinski definition) is 2. The summed E-state index contributed by atoms with van der Waals surface area (Å²) in [4.78, 5) is 13.6. The maximum atomic E-state index is 11.8. The van der Waals surface area contributed by atoms with Gasteiger partial charge >= 0.3 is 6.03 Å². The highest BCUT2D eigenvalue weighted by atomic mass is 35.5. The van der Waals surface area contributed by atoms with E-state index >= 15 is 0 Å². The summed E-state index contributed by atoms with van der Waals surface area (Å²) in [5, 5.41) is 6.35. The fourth-order valence-electron chi connectivity index (χ4n) is 2.20. The first-order chi connectivity index (χ1) is 7.86. The highest BCUT2D eigenvalue weighted by Crippen LogP contribution is 2.10. The summed E-state index contributed by atoms with van der Waals surface area (Å²) < 4.78 is 5.21. The van der Waals surface area contributed by atoms with E-state index in [1.54, 1.807) is 0 Å². The minimum absolute atomic E-state index is 0. The molecule has 0 saturated carbocycles. The Hall–Kier alpha value is -0.520. The Bertz CT molecular complexity index is 229. The molecular formula is C11H22ClN3O2. The Morgan fingerprint density at radius 2 is 1.94 bits per heavy atom. The van der Waals surface area contributed by atoms with Crippen LogP contribution in [-0.4, -0.2) is 56.9 Å². The largest absolute Gasteiger partial charge is 0.378 e. The summed E-state index contributed by atoms with van der Waals surface area (Å²) in [6.45, 7) is 5.76. The summed E-state index contributed by atoms with van der Waals surface area (Å²) >= 11 is 0. The first-order valence-electron chi connectivity index (χ1n) is 6.17. The Labute approximate surface area is 109 Å². The number of ether oxygens (including phenoxy) is 1. The third kappa shape index (κ3) is 4.69. The summed E-state index contributed by atoms with van der Waals surface area (Å²) in [6.07, 6.45) is 2.34. The van der Waals surface area contributed by atoms with E-state index in [1.807, 2.05) is 4.90 Å². The second-order valence-electron chi connectivity index (χ2n) is 4.48. The molecule has 5 nitrogen and oxygen atoms in total. The van der Waals surface area contributed by atoms with Crippen molar-refractivity contribution in [2.24, 2.45) is 5.92 Å². The zero-order valence-corrected chi connectivity index (χ0v) is 10.9. The Balaban J connectivity index is 0.00000144. The lowest BCUT2D eigenvalue weighted by Crippen LogP contribution is -2.47. The number of morpholine rings is 1. The van der Waals surface area contributed by atoms with Crippen LogP contribution in [0.2, 0.25) is 0 Å². The molecule has 0 radical (unpaired) electrons. The number of carbonyl (C=O) groups excluding carboxylic acids is 1. The van der Waals surface area contributed by atoms with Crippen LogP contribution in [-0.2, 0) is 4.74 Å². The van der Waals surface area contributed by atoms with Gasteiger partial charge in [-0.05, 0) is 31.8 Å². The number of rotatable bonds is 2. The van der Waals surface area contributed by atoms with Gasteiger partial charge in [-0.2, -0.15) is 0 Å². The van der Waals surface area contributed by atoms with Crippen molar-refractivity contribution in [1.82, 2.24) is 15.5 Å². The zero-order valence-electron chi connectivity index (χ0n) is 10.1. The van der Waals surface area contributed by atoms with Crippen molar-refractivity contribution in [3.63, 3.8) is 0 Å². The third-order valence-corrected chi connectivity index (χ3v) is 3.30. The van der Waals surface area contributed by atoms with E-state index < -0.39 is 0 Å². The summed E-state index contributed by atoms with van der Waals surface area (Å²) in [5.41, 5.74) is 0. The zero-order chi connectivity index (χ0) is 11.2. The van der Waals surface area contributed by atoms with Crippen molar-refractivity contribution >= 4 is 18.4 Å². The molecule has 100 valence electrons. The van der Waals surface area contributed by atoms with Crippen molar-refractivity contribution in [1.29, 1.82) is 0 Å². The smallest absolute Gasteiger partial charge is 0.317 e. The minimum Gasteiger partial charge on any atom is -0.378 e. The van der Waals surface area contributed by atoms with E-state index in [1.165, 1.54) is 12.8 Å². The molecule has 2 fully saturated rings. The number of piperidine rings is 1. The van der Waals surface area contributed by atoms with Crippen LogP contribution in [0.15, 0.2) is 0 Å². The Morgan fingerprint density at radius 1 is 1.29 bits per heavy atom. The molecule has 0 unspecified atom stereocenters. The highest BCUT2D eigenvalue weighted by Gasteiger charge is 2.18. The first-order valence-corrected chi connectivity index (χ1v) is 6.17. The van der Waals surface area contributed by atoms with Crippen LogP contribution in [0.4, 0.5) is 4.79 Å². The van der Waals surface area contributed by atoms with E-state index in [-0.39, 0.29) is 18.4 Å². The molecule has 0 aromatic rings. The van der Waals surface area contributed by atoms with Crippen LogP contribution in [0, 0.1) is 5.92 Å². The fourth-order valence-corrected chi connectivity index (χ4v) is 2.20. The van der Waals surface area contributed by atoms with Gasteiger partial charge in [-0.25, -0.2) is 4.79 Å². The number of carbonyl (C=O) groups is 1. The van der Waals surface area contributed by atoms with Gasteiger partial charge in [-0.1, -0.05) is 0 Å². The molecule has 2 amide bonds. The number of urea groups is 1. The van der Waals surface area contributed by atoms with E-state index in [4.69, 9.17) is 4.74 Å². The standard InChI is InChI=1S/C11H21N3O2.ClH/c15-11(14-5-7-16-8-6-14)13-9-10-1-3-12-4-2-10;/h10,12H,1-9H2,(H,13,15);1H. The topological polar surface area (TPSA) is 53.6 Å². The van der Waals surface area contributed by atoms with E-state index in [0.717, 1.165) is 32.7 Å². The van der Waals surface area contributed by atoms with Crippen LogP contribution < -0.4 is 10.6 Å². The van der Waals surface area contributed by atoms with Gasteiger partial charge in [0.05, 0.1) is 13.2 Å². The van der Waals surface area contributed by atoms with Gasteiger partial charge < -0.3 is 20.3 Å². The average molecular weight is 264 g/mol. The van der Waals surface area contributed by atoms with Gasteiger partial charge in [0.1, 0.15) is 0 Å². The van der Waals surface area contributed by atoms with Crippen molar-refractivity contribution in [2.45, 2.75) is 12.8 Å². The van der Waals surface area contributed by atoms with Gasteiger partial charge in [0, 0.05) is 19.6 Å². The summed E-state index contributed by atoms with van der Waals surface area (Å²) in [5.74, 6) is 0.645. The SMILES string of the molecule is Cl.O=C(NCC1CCNCC1)N1CCOCC1. The Morgan fingerprint density at radius 3 is 2.59 bits per heavy atom. The maximum absolute atomic E-state index is 11.8. The molecule has 2 rings (SSSR count). The van der Waals surface area contributed by atoms with E-state index in [0.29, 0.717) is 19.1 Å². The van der Waals surface area contributed by atoms with E-state index in [2.05, 4.69) is 10.6 Å². The summed E-state index contributed by atoms with van der Waals surface area (Å²) in [6, 6.07) is 0.0711. The van der Waals surface area contributed by atoms with Crippen molar-refractivity contribution in [2.75, 3.05) is 45.9 Å². The van der Waals surface area contributed by atoms with Crippen LogP contribution >= 0.6 is 12.4 Å². The van der Waals surface area contributed by atoms with Gasteiger partial charge in [-0.3, -0.25) is 0 Å². The number of hydrogen-bond acceptors (Lipinski definition) is 3. The van der Waals surface area contributed by atoms with Crippen molar-refractivity contribution < 1.29 is 9.53 Å². The molecule has 0 spiro atoms. The predicted molar refractivity (Wildman–Crippen MR) is 68.6 cm³/mol. The highest BCUT2D eigenvalue weighted by molar-refractivity contribution is 5.85. The third-order valence-electron chi connectivity index (χ3n) is 3.30. The monoisotopic (exact) mass is 263 g/mol. The van der Waals surface area contributed by atoms with E-state index in [9.17, 15) is 4.79 Å². The molecular weight excluding hydrogens is 242 g/mol. The molecule has 17 heavy (non-hydrogen) atoms. The number of nitrogens with zero attached hydrogens (tertiary/aromatic N) is 1. The number of nitrogens with one attached hydrogen (secondary N) is 2. The molecule has 2 saturated heterocycles. The molecule has 2 N–H and O–H groups in total. The average Bonchev–Trinajstić information content (AvgIpc) is 2.38. The quantitative estimate of drug-likeness (QED) is 0.761. The van der Waals surface area contributed by atoms with Gasteiger partial charge in [-0.15, -0.1) is 12.4 Å². The molecule has 0 aromatic carbocycles. The molecule has 0 atom stereocenters. The molecule has 0 aliphatic carbocycles. The maximum Gasteiger partial charge on any atom is 0.317 e. The molecule has 2 aliphatic heterocycles. The second kappa shape index (κ2) is 7.74. The molecule has 6 heteroatoms. The number of amides is 2. The van der Waals surface area contributed by atoms with Crippen LogP contribution in [0.1, 0.15) is 12.8 Å². The second-order valence-corrected chi connectivity index (χ2v) is 4.48. The normalized spacial score (nSPS) is 21.8.